The lowest BCUT2D eigenvalue weighted by atomic mass is 10.4. The zero-order chi connectivity index (χ0) is 8.27. The van der Waals surface area contributed by atoms with Gasteiger partial charge in [-0.25, -0.2) is 11.5 Å². The molecular formula is C7H11N3O. The van der Waals surface area contributed by atoms with Crippen LogP contribution in [-0.4, -0.2) is 30.1 Å². The largest absolute Gasteiger partial charge is 0.362 e. The Bertz CT molecular complexity index is 190. The van der Waals surface area contributed by atoms with Crippen LogP contribution in [0.4, 0.5) is 0 Å². The normalized spacial score (nSPS) is 21.0. The molecule has 1 amide bonds. The second-order valence-electron chi connectivity index (χ2n) is 2.65. The van der Waals surface area contributed by atoms with Gasteiger partial charge in [0, 0.05) is 13.1 Å². The van der Waals surface area contributed by atoms with Crippen molar-refractivity contribution in [3.8, 4) is 0 Å². The first-order chi connectivity index (χ1) is 5.25. The summed E-state index contributed by atoms with van der Waals surface area (Å²) in [6, 6.07) is 0. The van der Waals surface area contributed by atoms with Gasteiger partial charge >= 0.3 is 12.1 Å². The van der Waals surface area contributed by atoms with Gasteiger partial charge in [-0.05, 0) is 12.8 Å². The van der Waals surface area contributed by atoms with Crippen LogP contribution in [0.3, 0.4) is 0 Å². The van der Waals surface area contributed by atoms with Crippen LogP contribution in [0.5, 0.6) is 0 Å². The van der Waals surface area contributed by atoms with Crippen molar-refractivity contribution in [2.45, 2.75) is 19.0 Å². The summed E-state index contributed by atoms with van der Waals surface area (Å²) >= 11 is 0. The molecule has 0 aliphatic carbocycles. The minimum absolute atomic E-state index is 0.526. The summed E-state index contributed by atoms with van der Waals surface area (Å²) in [6.45, 7) is 8.40. The van der Waals surface area contributed by atoms with Gasteiger partial charge in [0.2, 0.25) is 0 Å². The van der Waals surface area contributed by atoms with Crippen molar-refractivity contribution in [1.29, 1.82) is 0 Å². The first-order valence-electron chi connectivity index (χ1n) is 3.65. The summed E-state index contributed by atoms with van der Waals surface area (Å²) in [5, 5.41) is 0. The smallest absolute Gasteiger partial charge is 0.357 e. The van der Waals surface area contributed by atoms with E-state index in [1.54, 1.807) is 0 Å². The lowest BCUT2D eigenvalue weighted by molar-refractivity contribution is -0.121. The van der Waals surface area contributed by atoms with Crippen molar-refractivity contribution in [3.05, 3.63) is 11.4 Å². The topological polar surface area (TPSA) is 50.7 Å². The third-order valence-electron chi connectivity index (χ3n) is 1.86. The van der Waals surface area contributed by atoms with Gasteiger partial charge in [0.1, 0.15) is 0 Å². The third-order valence-corrected chi connectivity index (χ3v) is 1.86. The third kappa shape index (κ3) is 1.69. The monoisotopic (exact) mass is 153 g/mol. The minimum Gasteiger partial charge on any atom is -0.362 e. The average Bonchev–Trinajstić information content (AvgIpc) is 2.40. The standard InChI is InChI=1S/C7H11N3O/c1-9-7(6(8)11)10-4-2-3-5-10/h7H,2-5H2,(H2,8,11). The molecule has 0 spiro atoms. The molecule has 1 aliphatic heterocycles. The molecule has 1 atom stereocenters. The Labute approximate surface area is 65.8 Å². The maximum Gasteiger partial charge on any atom is 0.357 e. The lowest BCUT2D eigenvalue weighted by Gasteiger charge is -2.12. The highest BCUT2D eigenvalue weighted by Gasteiger charge is 2.30. The summed E-state index contributed by atoms with van der Waals surface area (Å²) in [5.41, 5.74) is 5.03. The Kier molecular flexibility index (Phi) is 2.44. The highest BCUT2D eigenvalue weighted by Crippen LogP contribution is 2.11. The highest BCUT2D eigenvalue weighted by atomic mass is 16.1. The van der Waals surface area contributed by atoms with Gasteiger partial charge in [-0.3, -0.25) is 9.64 Å². The molecule has 1 aliphatic rings. The summed E-state index contributed by atoms with van der Waals surface area (Å²) in [4.78, 5) is 15.7. The Hall–Kier alpha value is -1.08. The van der Waals surface area contributed by atoms with Gasteiger partial charge in [-0.15, -0.1) is 0 Å². The van der Waals surface area contributed by atoms with E-state index in [0.717, 1.165) is 25.9 Å². The molecule has 0 saturated carbocycles. The fourth-order valence-corrected chi connectivity index (χ4v) is 1.31. The van der Waals surface area contributed by atoms with Gasteiger partial charge in [0.05, 0.1) is 0 Å². The number of carbonyl (C=O) groups excluding carboxylic acids is 1. The van der Waals surface area contributed by atoms with Crippen LogP contribution in [0, 0.1) is 6.57 Å². The predicted octanol–water partition coefficient (Wildman–Crippen LogP) is -0.187. The second-order valence-corrected chi connectivity index (χ2v) is 2.65. The molecule has 2 N–H and O–H groups in total. The van der Waals surface area contributed by atoms with Crippen LogP contribution in [0.2, 0.25) is 0 Å². The van der Waals surface area contributed by atoms with E-state index >= 15 is 0 Å². The number of rotatable bonds is 2. The van der Waals surface area contributed by atoms with Crippen molar-refractivity contribution < 1.29 is 4.79 Å². The van der Waals surface area contributed by atoms with Crippen LogP contribution in [0.15, 0.2) is 0 Å². The first kappa shape index (κ1) is 8.02. The van der Waals surface area contributed by atoms with E-state index in [2.05, 4.69) is 4.85 Å². The molecule has 1 unspecified atom stereocenters. The van der Waals surface area contributed by atoms with Crippen molar-refractivity contribution in [2.75, 3.05) is 13.1 Å². The van der Waals surface area contributed by atoms with Gasteiger partial charge < -0.3 is 5.73 Å². The molecule has 0 bridgehead atoms. The van der Waals surface area contributed by atoms with Gasteiger partial charge in [0.15, 0.2) is 0 Å². The number of likely N-dealkylation sites (tertiary alicyclic amines) is 1. The van der Waals surface area contributed by atoms with E-state index < -0.39 is 12.1 Å². The van der Waals surface area contributed by atoms with E-state index in [9.17, 15) is 4.79 Å². The van der Waals surface area contributed by atoms with Crippen LogP contribution < -0.4 is 5.73 Å². The van der Waals surface area contributed by atoms with Crippen LogP contribution in [0.25, 0.3) is 4.85 Å². The van der Waals surface area contributed by atoms with Gasteiger partial charge in [-0.1, -0.05) is 0 Å². The number of nitrogens with two attached hydrogens (primary N) is 1. The van der Waals surface area contributed by atoms with Gasteiger partial charge in [0.25, 0.3) is 0 Å². The van der Waals surface area contributed by atoms with Crippen molar-refractivity contribution >= 4 is 5.91 Å². The number of amides is 1. The zero-order valence-electron chi connectivity index (χ0n) is 6.29. The predicted molar refractivity (Wildman–Crippen MR) is 40.4 cm³/mol. The maximum absolute atomic E-state index is 10.7. The van der Waals surface area contributed by atoms with E-state index in [1.165, 1.54) is 0 Å². The molecule has 0 radical (unpaired) electrons. The van der Waals surface area contributed by atoms with Crippen LogP contribution in [0.1, 0.15) is 12.8 Å². The summed E-state index contributed by atoms with van der Waals surface area (Å²) in [5.74, 6) is -0.526. The molecule has 1 heterocycles. The fraction of sp³-hybridized carbons (Fsp3) is 0.714. The summed E-state index contributed by atoms with van der Waals surface area (Å²) in [7, 11) is 0. The molecule has 4 heteroatoms. The lowest BCUT2D eigenvalue weighted by Crippen LogP contribution is -2.40. The molecule has 60 valence electrons. The fourth-order valence-electron chi connectivity index (χ4n) is 1.31. The van der Waals surface area contributed by atoms with Gasteiger partial charge in [-0.2, -0.15) is 0 Å². The molecule has 1 fully saturated rings. The average molecular weight is 153 g/mol. The number of carbonyl (C=O) groups is 1. The first-order valence-corrected chi connectivity index (χ1v) is 3.65. The Balaban J connectivity index is 2.55. The quantitative estimate of drug-likeness (QED) is 0.559. The molecule has 1 rings (SSSR count). The zero-order valence-corrected chi connectivity index (χ0v) is 6.29. The molecule has 4 nitrogen and oxygen atoms in total. The SMILES string of the molecule is [C-]#[N+]C(C(N)=O)N1CCCC1. The number of hydrogen-bond donors (Lipinski definition) is 1. The van der Waals surface area contributed by atoms with Crippen LogP contribution >= 0.6 is 0 Å². The number of nitrogens with zero attached hydrogens (tertiary/aromatic N) is 2. The molecular weight excluding hydrogens is 142 g/mol. The van der Waals surface area contributed by atoms with Crippen LogP contribution in [-0.2, 0) is 4.79 Å². The second kappa shape index (κ2) is 3.35. The molecule has 0 aromatic carbocycles. The number of hydrogen-bond acceptors (Lipinski definition) is 2. The van der Waals surface area contributed by atoms with Crippen molar-refractivity contribution in [1.82, 2.24) is 4.90 Å². The molecule has 0 aromatic heterocycles. The molecule has 1 saturated heterocycles. The van der Waals surface area contributed by atoms with Crippen molar-refractivity contribution in [2.24, 2.45) is 5.73 Å². The minimum atomic E-state index is -0.725. The number of primary amides is 1. The van der Waals surface area contributed by atoms with E-state index in [4.69, 9.17) is 12.3 Å². The van der Waals surface area contributed by atoms with E-state index in [1.807, 2.05) is 4.90 Å². The van der Waals surface area contributed by atoms with Crippen molar-refractivity contribution in [3.63, 3.8) is 0 Å². The summed E-state index contributed by atoms with van der Waals surface area (Å²) in [6.07, 6.45) is 1.41. The van der Waals surface area contributed by atoms with E-state index in [0.29, 0.717) is 0 Å². The molecule has 11 heavy (non-hydrogen) atoms. The molecule has 0 aromatic rings. The Morgan fingerprint density at radius 1 is 1.55 bits per heavy atom. The van der Waals surface area contributed by atoms with E-state index in [-0.39, 0.29) is 0 Å². The Morgan fingerprint density at radius 3 is 2.45 bits per heavy atom. The summed E-state index contributed by atoms with van der Waals surface area (Å²) < 4.78 is 0. The highest BCUT2D eigenvalue weighted by molar-refractivity contribution is 5.81. The maximum atomic E-state index is 10.7. The Morgan fingerprint density at radius 2 is 2.09 bits per heavy atom.